The van der Waals surface area contributed by atoms with E-state index in [2.05, 4.69) is 52.3 Å². The quantitative estimate of drug-likeness (QED) is 0.628. The number of hydrogen-bond acceptors (Lipinski definition) is 2. The molecule has 0 unspecified atom stereocenters. The van der Waals surface area contributed by atoms with Gasteiger partial charge in [-0.25, -0.2) is 0 Å². The van der Waals surface area contributed by atoms with Crippen molar-refractivity contribution in [3.63, 3.8) is 0 Å². The van der Waals surface area contributed by atoms with E-state index in [1.165, 1.54) is 9.13 Å². The first-order chi connectivity index (χ1) is 8.65. The maximum absolute atomic E-state index is 5.54. The van der Waals surface area contributed by atoms with Crippen molar-refractivity contribution >= 4 is 45.6 Å². The van der Waals surface area contributed by atoms with E-state index in [4.69, 9.17) is 17.0 Å². The summed E-state index contributed by atoms with van der Waals surface area (Å²) in [5, 5.41) is 7.05. The second kappa shape index (κ2) is 6.68. The molecule has 1 aliphatic rings. The number of benzene rings is 1. The Morgan fingerprint density at radius 3 is 3.06 bits per heavy atom. The van der Waals surface area contributed by atoms with E-state index in [1.54, 1.807) is 0 Å². The lowest BCUT2D eigenvalue weighted by Gasteiger charge is -2.14. The molecule has 0 aliphatic carbocycles. The molecule has 3 nitrogen and oxygen atoms in total. The lowest BCUT2D eigenvalue weighted by Crippen LogP contribution is -2.34. The van der Waals surface area contributed by atoms with E-state index >= 15 is 0 Å². The summed E-state index contributed by atoms with van der Waals surface area (Å²) in [5.41, 5.74) is 2.30. The van der Waals surface area contributed by atoms with Crippen LogP contribution in [-0.2, 0) is 4.74 Å². The topological polar surface area (TPSA) is 33.3 Å². The van der Waals surface area contributed by atoms with E-state index in [0.29, 0.717) is 11.2 Å². The van der Waals surface area contributed by atoms with Gasteiger partial charge in [0.05, 0.1) is 6.10 Å². The maximum atomic E-state index is 5.54. The Balaban J connectivity index is 1.80. The fourth-order valence-corrected chi connectivity index (χ4v) is 2.57. The van der Waals surface area contributed by atoms with Gasteiger partial charge in [0.2, 0.25) is 0 Å². The minimum absolute atomic E-state index is 0.308. The van der Waals surface area contributed by atoms with Gasteiger partial charge in [0.1, 0.15) is 0 Å². The van der Waals surface area contributed by atoms with Crippen LogP contribution in [0.4, 0.5) is 5.69 Å². The van der Waals surface area contributed by atoms with Crippen molar-refractivity contribution in [1.82, 2.24) is 5.32 Å². The molecule has 0 amide bonds. The first kappa shape index (κ1) is 14.0. The molecular weight excluding hydrogens is 359 g/mol. The van der Waals surface area contributed by atoms with Crippen LogP contribution in [0.3, 0.4) is 0 Å². The lowest BCUT2D eigenvalue weighted by molar-refractivity contribution is 0.114. The molecular formula is C13H17IN2OS. The molecule has 1 aliphatic heterocycles. The Morgan fingerprint density at radius 2 is 2.39 bits per heavy atom. The predicted octanol–water partition coefficient (Wildman–Crippen LogP) is 3.07. The number of ether oxygens (including phenoxy) is 1. The van der Waals surface area contributed by atoms with Crippen LogP contribution in [0.15, 0.2) is 18.2 Å². The summed E-state index contributed by atoms with van der Waals surface area (Å²) >= 11 is 7.59. The van der Waals surface area contributed by atoms with Crippen LogP contribution in [0.5, 0.6) is 0 Å². The Labute approximate surface area is 127 Å². The summed E-state index contributed by atoms with van der Waals surface area (Å²) in [4.78, 5) is 0. The smallest absolute Gasteiger partial charge is 0.170 e. The third kappa shape index (κ3) is 4.07. The highest BCUT2D eigenvalue weighted by atomic mass is 127. The summed E-state index contributed by atoms with van der Waals surface area (Å²) in [6, 6.07) is 6.22. The number of hydrogen-bond donors (Lipinski definition) is 2. The number of aryl methyl sites for hydroxylation is 1. The predicted molar refractivity (Wildman–Crippen MR) is 87.1 cm³/mol. The number of thiocarbonyl (C=S) groups is 1. The molecule has 2 N–H and O–H groups in total. The van der Waals surface area contributed by atoms with Gasteiger partial charge in [0.25, 0.3) is 0 Å². The summed E-state index contributed by atoms with van der Waals surface area (Å²) in [6.07, 6.45) is 2.59. The number of nitrogens with one attached hydrogen (secondary N) is 2. The van der Waals surface area contributed by atoms with E-state index in [0.717, 1.165) is 31.7 Å². The zero-order valence-corrected chi connectivity index (χ0v) is 13.3. The van der Waals surface area contributed by atoms with Gasteiger partial charge in [-0.3, -0.25) is 0 Å². The van der Waals surface area contributed by atoms with Crippen molar-refractivity contribution in [3.05, 3.63) is 27.3 Å². The second-order valence-corrected chi connectivity index (χ2v) is 6.00. The standard InChI is InChI=1S/C13H17IN2OS/c1-9-4-5-10(7-12(9)14)16-13(18)15-8-11-3-2-6-17-11/h4-5,7,11H,2-3,6,8H2,1H3,(H2,15,16,18)/t11-/m1/s1. The third-order valence-corrected chi connectivity index (χ3v) is 4.35. The fraction of sp³-hybridized carbons (Fsp3) is 0.462. The molecule has 1 heterocycles. The third-order valence-electron chi connectivity index (χ3n) is 2.94. The summed E-state index contributed by atoms with van der Waals surface area (Å²) in [5.74, 6) is 0. The first-order valence-corrected chi connectivity index (χ1v) is 7.56. The van der Waals surface area contributed by atoms with E-state index in [-0.39, 0.29) is 0 Å². The molecule has 98 valence electrons. The average Bonchev–Trinajstić information content (AvgIpc) is 2.84. The first-order valence-electron chi connectivity index (χ1n) is 6.08. The molecule has 0 saturated carbocycles. The van der Waals surface area contributed by atoms with Gasteiger partial charge in [-0.05, 0) is 72.3 Å². The average molecular weight is 376 g/mol. The van der Waals surface area contributed by atoms with Gasteiger partial charge in [-0.1, -0.05) is 6.07 Å². The van der Waals surface area contributed by atoms with Crippen LogP contribution >= 0.6 is 34.8 Å². The molecule has 0 aromatic heterocycles. The van der Waals surface area contributed by atoms with Gasteiger partial charge >= 0.3 is 0 Å². The molecule has 1 aromatic rings. The number of halogens is 1. The van der Waals surface area contributed by atoms with Crippen LogP contribution in [0.2, 0.25) is 0 Å². The highest BCUT2D eigenvalue weighted by molar-refractivity contribution is 14.1. The summed E-state index contributed by atoms with van der Waals surface area (Å²) in [6.45, 7) is 3.76. The van der Waals surface area contributed by atoms with E-state index in [9.17, 15) is 0 Å². The Kier molecular flexibility index (Phi) is 5.20. The Morgan fingerprint density at radius 1 is 1.56 bits per heavy atom. The maximum Gasteiger partial charge on any atom is 0.170 e. The van der Waals surface area contributed by atoms with E-state index < -0.39 is 0 Å². The molecule has 1 saturated heterocycles. The van der Waals surface area contributed by atoms with Gasteiger partial charge in [-0.2, -0.15) is 0 Å². The van der Waals surface area contributed by atoms with Crippen LogP contribution in [0.1, 0.15) is 18.4 Å². The Bertz CT molecular complexity index is 433. The van der Waals surface area contributed by atoms with Gasteiger partial charge in [0.15, 0.2) is 5.11 Å². The highest BCUT2D eigenvalue weighted by Gasteiger charge is 2.15. The van der Waals surface area contributed by atoms with Gasteiger partial charge < -0.3 is 15.4 Å². The Hall–Kier alpha value is -0.400. The normalized spacial score (nSPS) is 18.7. The van der Waals surface area contributed by atoms with Crippen molar-refractivity contribution in [2.45, 2.75) is 25.9 Å². The van der Waals surface area contributed by atoms with Crippen LogP contribution in [-0.4, -0.2) is 24.4 Å². The SMILES string of the molecule is Cc1ccc(NC(=S)NC[C@H]2CCCO2)cc1I. The molecule has 0 spiro atoms. The monoisotopic (exact) mass is 376 g/mol. The molecule has 0 radical (unpaired) electrons. The molecule has 1 aromatic carbocycles. The van der Waals surface area contributed by atoms with Crippen molar-refractivity contribution in [1.29, 1.82) is 0 Å². The molecule has 0 bridgehead atoms. The van der Waals surface area contributed by atoms with Crippen LogP contribution in [0.25, 0.3) is 0 Å². The van der Waals surface area contributed by atoms with Crippen molar-refractivity contribution in [2.24, 2.45) is 0 Å². The largest absolute Gasteiger partial charge is 0.376 e. The van der Waals surface area contributed by atoms with Crippen molar-refractivity contribution in [3.8, 4) is 0 Å². The van der Waals surface area contributed by atoms with E-state index in [1.807, 2.05) is 6.07 Å². The minimum Gasteiger partial charge on any atom is -0.376 e. The van der Waals surface area contributed by atoms with Crippen molar-refractivity contribution < 1.29 is 4.74 Å². The fourth-order valence-electron chi connectivity index (χ4n) is 1.86. The van der Waals surface area contributed by atoms with Crippen molar-refractivity contribution in [2.75, 3.05) is 18.5 Å². The van der Waals surface area contributed by atoms with Crippen LogP contribution in [0, 0.1) is 10.5 Å². The summed E-state index contributed by atoms with van der Waals surface area (Å²) < 4.78 is 6.77. The van der Waals surface area contributed by atoms with Crippen LogP contribution < -0.4 is 10.6 Å². The molecule has 1 atom stereocenters. The number of rotatable bonds is 3. The molecule has 2 rings (SSSR count). The van der Waals surface area contributed by atoms with Gasteiger partial charge in [0, 0.05) is 22.4 Å². The number of anilines is 1. The highest BCUT2D eigenvalue weighted by Crippen LogP contribution is 2.17. The zero-order chi connectivity index (χ0) is 13.0. The molecule has 5 heteroatoms. The second-order valence-electron chi connectivity index (χ2n) is 4.43. The zero-order valence-electron chi connectivity index (χ0n) is 10.3. The molecule has 1 fully saturated rings. The summed E-state index contributed by atoms with van der Waals surface area (Å²) in [7, 11) is 0. The molecule has 18 heavy (non-hydrogen) atoms. The lowest BCUT2D eigenvalue weighted by atomic mass is 10.2. The van der Waals surface area contributed by atoms with Gasteiger partial charge in [-0.15, -0.1) is 0 Å². The minimum atomic E-state index is 0.308.